The maximum atomic E-state index is 12.4. The lowest BCUT2D eigenvalue weighted by atomic mass is 10.1. The second kappa shape index (κ2) is 10.8. The Morgan fingerprint density at radius 3 is 2.72 bits per heavy atom. The highest BCUT2D eigenvalue weighted by molar-refractivity contribution is 14.1. The van der Waals surface area contributed by atoms with Crippen LogP contribution in [0.4, 0.5) is 5.69 Å². The number of nitrogens with zero attached hydrogens (tertiary/aromatic N) is 2. The summed E-state index contributed by atoms with van der Waals surface area (Å²) in [5.41, 5.74) is 0.729. The van der Waals surface area contributed by atoms with Gasteiger partial charge in [-0.3, -0.25) is 10.1 Å². The van der Waals surface area contributed by atoms with Gasteiger partial charge in [-0.1, -0.05) is 24.9 Å². The second-order valence-electron chi connectivity index (χ2n) is 6.72. The van der Waals surface area contributed by atoms with Crippen molar-refractivity contribution >= 4 is 57.8 Å². The van der Waals surface area contributed by atoms with E-state index in [1.807, 2.05) is 13.0 Å². The first-order valence-corrected chi connectivity index (χ1v) is 11.4. The Morgan fingerprint density at radius 1 is 1.25 bits per heavy atom. The third-order valence-corrected chi connectivity index (χ3v) is 5.51. The molecule has 168 valence electrons. The van der Waals surface area contributed by atoms with Crippen LogP contribution in [-0.4, -0.2) is 30.0 Å². The van der Waals surface area contributed by atoms with Gasteiger partial charge in [0.1, 0.15) is 5.02 Å². The van der Waals surface area contributed by atoms with E-state index in [4.69, 9.17) is 25.8 Å². The number of carbonyl (C=O) groups is 1. The van der Waals surface area contributed by atoms with Crippen LogP contribution in [0.5, 0.6) is 11.5 Å². The maximum absolute atomic E-state index is 12.4. The molecule has 0 fully saturated rings. The van der Waals surface area contributed by atoms with E-state index in [1.54, 1.807) is 12.1 Å². The summed E-state index contributed by atoms with van der Waals surface area (Å²) in [7, 11) is 0. The van der Waals surface area contributed by atoms with Gasteiger partial charge < -0.3 is 14.2 Å². The highest BCUT2D eigenvalue weighted by Gasteiger charge is 2.26. The van der Waals surface area contributed by atoms with Crippen LogP contribution in [-0.2, 0) is 9.53 Å². The Labute approximate surface area is 203 Å². The third kappa shape index (κ3) is 5.57. The van der Waals surface area contributed by atoms with E-state index >= 15 is 0 Å². The summed E-state index contributed by atoms with van der Waals surface area (Å²) in [6.45, 7) is 5.01. The van der Waals surface area contributed by atoms with Gasteiger partial charge in [0, 0.05) is 11.6 Å². The smallest absolute Gasteiger partial charge is 0.363 e. The average molecular weight is 571 g/mol. The second-order valence-corrected chi connectivity index (χ2v) is 8.29. The number of halogens is 2. The van der Waals surface area contributed by atoms with Gasteiger partial charge >= 0.3 is 5.97 Å². The number of aliphatic imine (C=N–C) groups is 1. The number of ether oxygens (including phenoxy) is 3. The molecule has 0 aliphatic carbocycles. The van der Waals surface area contributed by atoms with Crippen LogP contribution < -0.4 is 9.47 Å². The molecular formula is C22H20ClIN2O6. The molecule has 0 N–H and O–H groups in total. The predicted octanol–water partition coefficient (Wildman–Crippen LogP) is 5.77. The molecule has 0 aromatic heterocycles. The van der Waals surface area contributed by atoms with Crippen LogP contribution in [0.2, 0.25) is 5.02 Å². The number of hydrogen-bond acceptors (Lipinski definition) is 7. The van der Waals surface area contributed by atoms with Crippen molar-refractivity contribution in [2.45, 2.75) is 26.7 Å². The van der Waals surface area contributed by atoms with E-state index in [1.165, 1.54) is 18.2 Å². The van der Waals surface area contributed by atoms with Gasteiger partial charge in [-0.05, 0) is 71.8 Å². The van der Waals surface area contributed by atoms with Gasteiger partial charge in [-0.2, -0.15) is 0 Å². The van der Waals surface area contributed by atoms with E-state index in [2.05, 4.69) is 34.5 Å². The lowest BCUT2D eigenvalue weighted by Gasteiger charge is -2.14. The lowest BCUT2D eigenvalue weighted by molar-refractivity contribution is -0.384. The minimum atomic E-state index is -0.658. The summed E-state index contributed by atoms with van der Waals surface area (Å²) in [5.74, 6) is 0.551. The number of cyclic esters (lactones) is 1. The first kappa shape index (κ1) is 24.0. The standard InChI is InChI=1S/C22H20ClIN2O6/c1-3-5-8-31-20-16(24)9-13(11-19(20)30-4-2)10-17-22(27)32-21(25-17)14-6-7-15(23)18(12-14)26(28)29/h6-7,9-12H,3-5,8H2,1-2H3/b17-10-. The zero-order chi connectivity index (χ0) is 23.3. The third-order valence-electron chi connectivity index (χ3n) is 4.39. The normalized spacial score (nSPS) is 14.3. The molecule has 2 aromatic carbocycles. The van der Waals surface area contributed by atoms with Crippen molar-refractivity contribution < 1.29 is 23.9 Å². The molecule has 0 radical (unpaired) electrons. The van der Waals surface area contributed by atoms with Crippen molar-refractivity contribution in [3.63, 3.8) is 0 Å². The van der Waals surface area contributed by atoms with Gasteiger partial charge in [0.25, 0.3) is 5.69 Å². The number of unbranched alkanes of at least 4 members (excludes halogenated alkanes) is 1. The Hall–Kier alpha value is -2.66. The van der Waals surface area contributed by atoms with Crippen molar-refractivity contribution in [2.75, 3.05) is 13.2 Å². The predicted molar refractivity (Wildman–Crippen MR) is 129 cm³/mol. The molecule has 2 aromatic rings. The molecule has 1 aliphatic rings. The molecule has 0 bridgehead atoms. The Kier molecular flexibility index (Phi) is 8.08. The molecule has 1 heterocycles. The Morgan fingerprint density at radius 2 is 2.03 bits per heavy atom. The zero-order valence-corrected chi connectivity index (χ0v) is 20.3. The van der Waals surface area contributed by atoms with E-state index in [-0.39, 0.29) is 27.9 Å². The maximum Gasteiger partial charge on any atom is 0.363 e. The molecule has 0 amide bonds. The fraction of sp³-hybridized carbons (Fsp3) is 0.273. The van der Waals surface area contributed by atoms with Crippen LogP contribution in [0.3, 0.4) is 0 Å². The number of hydrogen-bond donors (Lipinski definition) is 0. The van der Waals surface area contributed by atoms with E-state index in [9.17, 15) is 14.9 Å². The molecule has 8 nitrogen and oxygen atoms in total. The van der Waals surface area contributed by atoms with Crippen LogP contribution >= 0.6 is 34.2 Å². The fourth-order valence-corrected chi connectivity index (χ4v) is 3.84. The van der Waals surface area contributed by atoms with Crippen LogP contribution in [0.25, 0.3) is 6.08 Å². The molecule has 10 heteroatoms. The van der Waals surface area contributed by atoms with Gasteiger partial charge in [0.05, 0.1) is 21.7 Å². The van der Waals surface area contributed by atoms with Crippen LogP contribution in [0.1, 0.15) is 37.8 Å². The first-order chi connectivity index (χ1) is 15.3. The van der Waals surface area contributed by atoms with Gasteiger partial charge in [-0.25, -0.2) is 9.79 Å². The van der Waals surface area contributed by atoms with Crippen molar-refractivity contribution in [2.24, 2.45) is 4.99 Å². The molecule has 0 saturated heterocycles. The highest BCUT2D eigenvalue weighted by Crippen LogP contribution is 2.35. The monoisotopic (exact) mass is 570 g/mol. The minimum Gasteiger partial charge on any atom is -0.490 e. The van der Waals surface area contributed by atoms with Crippen molar-refractivity contribution in [3.8, 4) is 11.5 Å². The van der Waals surface area contributed by atoms with Gasteiger partial charge in [0.15, 0.2) is 17.2 Å². The van der Waals surface area contributed by atoms with Crippen molar-refractivity contribution in [3.05, 3.63) is 65.9 Å². The molecule has 32 heavy (non-hydrogen) atoms. The Balaban J connectivity index is 1.94. The topological polar surface area (TPSA) is 100 Å². The number of benzene rings is 2. The van der Waals surface area contributed by atoms with Crippen molar-refractivity contribution in [1.82, 2.24) is 0 Å². The SMILES string of the molecule is CCCCOc1c(I)cc(/C=C2\N=C(c3ccc(Cl)c([N+](=O)[O-])c3)OC2=O)cc1OCC. The Bertz CT molecular complexity index is 1120. The van der Waals surface area contributed by atoms with Gasteiger partial charge in [-0.15, -0.1) is 0 Å². The van der Waals surface area contributed by atoms with E-state index < -0.39 is 10.9 Å². The summed E-state index contributed by atoms with van der Waals surface area (Å²) in [6, 6.07) is 7.71. The fourth-order valence-electron chi connectivity index (χ4n) is 2.87. The van der Waals surface area contributed by atoms with Crippen molar-refractivity contribution in [1.29, 1.82) is 0 Å². The quantitative estimate of drug-likeness (QED) is 0.0947. The largest absolute Gasteiger partial charge is 0.490 e. The summed E-state index contributed by atoms with van der Waals surface area (Å²) < 4.78 is 17.7. The lowest BCUT2D eigenvalue weighted by Crippen LogP contribution is -2.06. The number of nitro benzene ring substituents is 1. The summed E-state index contributed by atoms with van der Waals surface area (Å²) in [4.78, 5) is 27.1. The van der Waals surface area contributed by atoms with E-state index in [0.29, 0.717) is 30.3 Å². The number of rotatable bonds is 9. The minimum absolute atomic E-state index is 0.0151. The molecular weight excluding hydrogens is 551 g/mol. The zero-order valence-electron chi connectivity index (χ0n) is 17.4. The van der Waals surface area contributed by atoms with Crippen LogP contribution in [0.15, 0.2) is 41.0 Å². The average Bonchev–Trinajstić information content (AvgIpc) is 3.10. The molecule has 0 unspecified atom stereocenters. The molecule has 0 atom stereocenters. The summed E-state index contributed by atoms with van der Waals surface area (Å²) >= 11 is 8.01. The number of carbonyl (C=O) groups excluding carboxylic acids is 1. The summed E-state index contributed by atoms with van der Waals surface area (Å²) in [5, 5.41) is 11.1. The highest BCUT2D eigenvalue weighted by atomic mass is 127. The van der Waals surface area contributed by atoms with E-state index in [0.717, 1.165) is 16.4 Å². The van der Waals surface area contributed by atoms with Gasteiger partial charge in [0.2, 0.25) is 5.90 Å². The molecule has 3 rings (SSSR count). The molecule has 0 spiro atoms. The van der Waals surface area contributed by atoms with Crippen LogP contribution in [0, 0.1) is 13.7 Å². The number of nitro groups is 1. The summed E-state index contributed by atoms with van der Waals surface area (Å²) in [6.07, 6.45) is 3.52. The molecule has 0 saturated carbocycles. The number of esters is 1. The molecule has 1 aliphatic heterocycles. The first-order valence-electron chi connectivity index (χ1n) is 9.90.